The average Bonchev–Trinajstić information content (AvgIpc) is 1.91. The molecule has 1 aliphatic heterocycles. The molecule has 1 heterocycles. The molecular weight excluding hydrogens is 88.1 g/mol. The van der Waals surface area contributed by atoms with Crippen molar-refractivity contribution in [2.45, 2.75) is 26.4 Å². The van der Waals surface area contributed by atoms with Crippen LogP contribution in [-0.4, -0.2) is 12.7 Å². The first-order valence-electron chi connectivity index (χ1n) is 2.92. The van der Waals surface area contributed by atoms with Crippen LogP contribution in [0.5, 0.6) is 0 Å². The van der Waals surface area contributed by atoms with Crippen LogP contribution in [0.15, 0.2) is 0 Å². The molecule has 0 N–H and O–H groups in total. The first-order chi connectivity index (χ1) is 3.30. The minimum Gasteiger partial charge on any atom is -0.378 e. The van der Waals surface area contributed by atoms with E-state index in [0.717, 1.165) is 12.5 Å². The highest BCUT2D eigenvalue weighted by Crippen LogP contribution is 2.18. The summed E-state index contributed by atoms with van der Waals surface area (Å²) >= 11 is 0. The molecular formula is C6H12O. The van der Waals surface area contributed by atoms with Gasteiger partial charge in [0.1, 0.15) is 0 Å². The quantitative estimate of drug-likeness (QED) is 0.447. The normalized spacial score (nSPS) is 42.0. The molecule has 0 aliphatic carbocycles. The fraction of sp³-hybridized carbons (Fsp3) is 1.00. The number of rotatable bonds is 0. The van der Waals surface area contributed by atoms with Gasteiger partial charge in [-0.05, 0) is 19.3 Å². The van der Waals surface area contributed by atoms with Gasteiger partial charge in [0.05, 0.1) is 6.10 Å². The third-order valence-electron chi connectivity index (χ3n) is 1.76. The van der Waals surface area contributed by atoms with E-state index in [-0.39, 0.29) is 0 Å². The van der Waals surface area contributed by atoms with E-state index < -0.39 is 0 Å². The second kappa shape index (κ2) is 1.83. The Bertz CT molecular complexity index is 53.2. The van der Waals surface area contributed by atoms with E-state index in [2.05, 4.69) is 13.8 Å². The SMILES string of the molecule is C[C@@H]1OCC[C@@H]1C. The maximum absolute atomic E-state index is 5.27. The topological polar surface area (TPSA) is 9.23 Å². The van der Waals surface area contributed by atoms with Crippen molar-refractivity contribution < 1.29 is 4.74 Å². The lowest BCUT2D eigenvalue weighted by Crippen LogP contribution is -2.05. The summed E-state index contributed by atoms with van der Waals surface area (Å²) in [5.74, 6) is 0.792. The number of hydrogen-bond donors (Lipinski definition) is 0. The van der Waals surface area contributed by atoms with E-state index in [1.807, 2.05) is 0 Å². The van der Waals surface area contributed by atoms with Crippen LogP contribution in [0, 0.1) is 5.92 Å². The molecule has 1 aliphatic rings. The molecule has 0 unspecified atom stereocenters. The summed E-state index contributed by atoms with van der Waals surface area (Å²) in [4.78, 5) is 0. The molecule has 7 heavy (non-hydrogen) atoms. The van der Waals surface area contributed by atoms with E-state index in [1.165, 1.54) is 6.42 Å². The smallest absolute Gasteiger partial charge is 0.0573 e. The summed E-state index contributed by atoms with van der Waals surface area (Å²) < 4.78 is 5.27. The summed E-state index contributed by atoms with van der Waals surface area (Å²) in [6, 6.07) is 0. The molecule has 1 nitrogen and oxygen atoms in total. The van der Waals surface area contributed by atoms with E-state index in [4.69, 9.17) is 4.74 Å². The lowest BCUT2D eigenvalue weighted by molar-refractivity contribution is 0.109. The molecule has 0 saturated carbocycles. The Kier molecular flexibility index (Phi) is 1.33. The van der Waals surface area contributed by atoms with Gasteiger partial charge in [-0.2, -0.15) is 0 Å². The summed E-state index contributed by atoms with van der Waals surface area (Å²) in [5, 5.41) is 0. The molecule has 0 amide bonds. The zero-order valence-corrected chi connectivity index (χ0v) is 4.98. The highest BCUT2D eigenvalue weighted by atomic mass is 16.5. The fourth-order valence-corrected chi connectivity index (χ4v) is 0.839. The van der Waals surface area contributed by atoms with E-state index in [9.17, 15) is 0 Å². The van der Waals surface area contributed by atoms with Gasteiger partial charge < -0.3 is 4.74 Å². The van der Waals surface area contributed by atoms with Gasteiger partial charge in [0, 0.05) is 6.61 Å². The molecule has 42 valence electrons. The van der Waals surface area contributed by atoms with Gasteiger partial charge >= 0.3 is 0 Å². The molecule has 1 heteroatoms. The summed E-state index contributed by atoms with van der Waals surface area (Å²) in [6.45, 7) is 5.34. The van der Waals surface area contributed by atoms with Crippen LogP contribution >= 0.6 is 0 Å². The predicted octanol–water partition coefficient (Wildman–Crippen LogP) is 1.43. The van der Waals surface area contributed by atoms with Crippen molar-refractivity contribution in [3.8, 4) is 0 Å². The van der Waals surface area contributed by atoms with Crippen molar-refractivity contribution >= 4 is 0 Å². The van der Waals surface area contributed by atoms with E-state index in [1.54, 1.807) is 0 Å². The minimum atomic E-state index is 0.514. The maximum atomic E-state index is 5.27. The molecule has 0 radical (unpaired) electrons. The predicted molar refractivity (Wildman–Crippen MR) is 29.2 cm³/mol. The minimum absolute atomic E-state index is 0.514. The molecule has 1 rings (SSSR count). The molecule has 0 aromatic rings. The number of ether oxygens (including phenoxy) is 1. The maximum Gasteiger partial charge on any atom is 0.0573 e. The van der Waals surface area contributed by atoms with Crippen molar-refractivity contribution in [2.75, 3.05) is 6.61 Å². The van der Waals surface area contributed by atoms with Gasteiger partial charge in [-0.15, -0.1) is 0 Å². The monoisotopic (exact) mass is 100 g/mol. The Balaban J connectivity index is 2.33. The number of hydrogen-bond acceptors (Lipinski definition) is 1. The van der Waals surface area contributed by atoms with Gasteiger partial charge in [0.15, 0.2) is 0 Å². The van der Waals surface area contributed by atoms with Crippen LogP contribution in [0.4, 0.5) is 0 Å². The molecule has 0 aromatic carbocycles. The Morgan fingerprint density at radius 2 is 2.14 bits per heavy atom. The summed E-state index contributed by atoms with van der Waals surface area (Å²) in [6.07, 6.45) is 1.77. The van der Waals surface area contributed by atoms with E-state index in [0.29, 0.717) is 6.10 Å². The van der Waals surface area contributed by atoms with E-state index >= 15 is 0 Å². The van der Waals surface area contributed by atoms with Gasteiger partial charge in [0.25, 0.3) is 0 Å². The van der Waals surface area contributed by atoms with Crippen molar-refractivity contribution in [2.24, 2.45) is 5.92 Å². The first-order valence-corrected chi connectivity index (χ1v) is 2.92. The average molecular weight is 100 g/mol. The second-order valence-corrected chi connectivity index (χ2v) is 2.34. The lowest BCUT2D eigenvalue weighted by Gasteiger charge is -2.04. The van der Waals surface area contributed by atoms with Crippen molar-refractivity contribution in [3.05, 3.63) is 0 Å². The van der Waals surface area contributed by atoms with Crippen molar-refractivity contribution in [1.29, 1.82) is 0 Å². The fourth-order valence-electron chi connectivity index (χ4n) is 0.839. The third-order valence-corrected chi connectivity index (χ3v) is 1.76. The molecule has 0 aromatic heterocycles. The first kappa shape index (κ1) is 5.10. The highest BCUT2D eigenvalue weighted by molar-refractivity contribution is 4.66. The van der Waals surface area contributed by atoms with Crippen LogP contribution in [0.1, 0.15) is 20.3 Å². The van der Waals surface area contributed by atoms with Crippen LogP contribution < -0.4 is 0 Å². The Labute approximate surface area is 44.7 Å². The Hall–Kier alpha value is -0.0400. The van der Waals surface area contributed by atoms with Crippen LogP contribution in [-0.2, 0) is 4.74 Å². The van der Waals surface area contributed by atoms with Crippen LogP contribution in [0.25, 0.3) is 0 Å². The van der Waals surface area contributed by atoms with Crippen LogP contribution in [0.2, 0.25) is 0 Å². The van der Waals surface area contributed by atoms with Crippen molar-refractivity contribution in [3.63, 3.8) is 0 Å². The zero-order valence-electron chi connectivity index (χ0n) is 4.98. The third kappa shape index (κ3) is 0.942. The van der Waals surface area contributed by atoms with Crippen LogP contribution in [0.3, 0.4) is 0 Å². The standard InChI is InChI=1S/C6H12O/c1-5-3-4-7-6(5)2/h5-6H,3-4H2,1-2H3/t5-,6-/m0/s1. The van der Waals surface area contributed by atoms with Gasteiger partial charge in [-0.3, -0.25) is 0 Å². The molecule has 1 fully saturated rings. The second-order valence-electron chi connectivity index (χ2n) is 2.34. The van der Waals surface area contributed by atoms with Gasteiger partial charge in [-0.25, -0.2) is 0 Å². The summed E-state index contributed by atoms with van der Waals surface area (Å²) in [5.41, 5.74) is 0. The van der Waals surface area contributed by atoms with Gasteiger partial charge in [0.2, 0.25) is 0 Å². The Morgan fingerprint density at radius 3 is 2.29 bits per heavy atom. The largest absolute Gasteiger partial charge is 0.378 e. The zero-order chi connectivity index (χ0) is 5.28. The van der Waals surface area contributed by atoms with Gasteiger partial charge in [-0.1, -0.05) is 6.92 Å². The molecule has 2 atom stereocenters. The molecule has 1 saturated heterocycles. The molecule has 0 spiro atoms. The van der Waals surface area contributed by atoms with Crippen molar-refractivity contribution in [1.82, 2.24) is 0 Å². The Morgan fingerprint density at radius 1 is 1.43 bits per heavy atom. The lowest BCUT2D eigenvalue weighted by atomic mass is 10.1. The highest BCUT2D eigenvalue weighted by Gasteiger charge is 2.18. The summed E-state index contributed by atoms with van der Waals surface area (Å²) in [7, 11) is 0. The molecule has 0 bridgehead atoms.